The fraction of sp³-hybridized carbons (Fsp3) is 0.333. The molecule has 1 aliphatic heterocycles. The Morgan fingerprint density at radius 1 is 1.64 bits per heavy atom. The molecule has 1 aromatic heterocycles. The van der Waals surface area contributed by atoms with Crippen molar-refractivity contribution >= 4 is 17.7 Å². The quantitative estimate of drug-likeness (QED) is 0.815. The molecule has 1 aliphatic rings. The zero-order valence-corrected chi connectivity index (χ0v) is 8.16. The number of aromatic carboxylic acids is 1. The van der Waals surface area contributed by atoms with Gasteiger partial charge in [0.15, 0.2) is 0 Å². The zero-order valence-electron chi connectivity index (χ0n) is 7.34. The zero-order chi connectivity index (χ0) is 9.97. The Balaban J connectivity index is 2.09. The number of nitrogens with zero attached hydrogens (tertiary/aromatic N) is 1. The fourth-order valence-electron chi connectivity index (χ4n) is 1.06. The van der Waals surface area contributed by atoms with Crippen molar-refractivity contribution < 1.29 is 14.6 Å². The highest BCUT2D eigenvalue weighted by Crippen LogP contribution is 2.26. The lowest BCUT2D eigenvalue weighted by atomic mass is 10.3. The van der Waals surface area contributed by atoms with Crippen LogP contribution in [-0.2, 0) is 4.74 Å². The van der Waals surface area contributed by atoms with E-state index in [1.807, 2.05) is 0 Å². The van der Waals surface area contributed by atoms with Gasteiger partial charge < -0.3 is 9.84 Å². The number of rotatable bonds is 3. The molecule has 0 bridgehead atoms. The summed E-state index contributed by atoms with van der Waals surface area (Å²) in [6.07, 6.45) is 1.52. The Bertz CT molecular complexity index is 352. The molecule has 0 spiro atoms. The number of hydrogen-bond acceptors (Lipinski definition) is 4. The van der Waals surface area contributed by atoms with Gasteiger partial charge in [0.2, 0.25) is 0 Å². The summed E-state index contributed by atoms with van der Waals surface area (Å²) >= 11 is 1.56. The summed E-state index contributed by atoms with van der Waals surface area (Å²) in [5, 5.41) is 9.92. The van der Waals surface area contributed by atoms with Crippen molar-refractivity contribution in [1.82, 2.24) is 4.98 Å². The van der Waals surface area contributed by atoms with Crippen LogP contribution in [0.4, 0.5) is 0 Å². The van der Waals surface area contributed by atoms with Crippen molar-refractivity contribution in [3.05, 3.63) is 23.9 Å². The maximum absolute atomic E-state index is 10.7. The van der Waals surface area contributed by atoms with Crippen LogP contribution < -0.4 is 0 Å². The van der Waals surface area contributed by atoms with Gasteiger partial charge in [0.05, 0.1) is 29.1 Å². The van der Waals surface area contributed by atoms with Gasteiger partial charge in [-0.1, -0.05) is 11.8 Å². The molecule has 5 heteroatoms. The highest BCUT2D eigenvalue weighted by molar-refractivity contribution is 8.00. The molecule has 1 aromatic rings. The van der Waals surface area contributed by atoms with Gasteiger partial charge in [0.25, 0.3) is 0 Å². The monoisotopic (exact) mass is 211 g/mol. The molecule has 74 valence electrons. The van der Waals surface area contributed by atoms with Crippen molar-refractivity contribution in [2.24, 2.45) is 0 Å². The fourth-order valence-corrected chi connectivity index (χ4v) is 2.05. The smallest absolute Gasteiger partial charge is 0.335 e. The van der Waals surface area contributed by atoms with Gasteiger partial charge in [-0.25, -0.2) is 9.78 Å². The van der Waals surface area contributed by atoms with E-state index in [0.29, 0.717) is 5.25 Å². The second-order valence-corrected chi connectivity index (χ2v) is 4.29. The van der Waals surface area contributed by atoms with Crippen LogP contribution in [-0.4, -0.2) is 34.5 Å². The van der Waals surface area contributed by atoms with E-state index in [1.54, 1.807) is 17.8 Å². The first-order chi connectivity index (χ1) is 6.75. The Labute approximate surface area is 85.3 Å². The van der Waals surface area contributed by atoms with Gasteiger partial charge in [-0.2, -0.15) is 0 Å². The van der Waals surface area contributed by atoms with Crippen LogP contribution in [0.3, 0.4) is 0 Å². The van der Waals surface area contributed by atoms with Crippen LogP contribution in [0.2, 0.25) is 0 Å². The minimum atomic E-state index is -0.917. The summed E-state index contributed by atoms with van der Waals surface area (Å²) in [6, 6.07) is 3.08. The molecule has 0 aromatic carbocycles. The predicted octanol–water partition coefficient (Wildman–Crippen LogP) is 1.27. The Hall–Kier alpha value is -1.07. The molecule has 1 fully saturated rings. The Morgan fingerprint density at radius 3 is 3.00 bits per heavy atom. The summed E-state index contributed by atoms with van der Waals surface area (Å²) in [5.74, 6) is -0.917. The van der Waals surface area contributed by atoms with E-state index >= 15 is 0 Å². The highest BCUT2D eigenvalue weighted by Gasteiger charge is 2.20. The molecule has 0 unspecified atom stereocenters. The number of aromatic nitrogens is 1. The largest absolute Gasteiger partial charge is 0.478 e. The molecular weight excluding hydrogens is 202 g/mol. The molecule has 1 saturated heterocycles. The van der Waals surface area contributed by atoms with Crippen molar-refractivity contribution in [3.63, 3.8) is 0 Å². The summed E-state index contributed by atoms with van der Waals surface area (Å²) in [5.41, 5.74) is 0.280. The molecule has 0 saturated carbocycles. The van der Waals surface area contributed by atoms with Gasteiger partial charge in [0.1, 0.15) is 0 Å². The molecule has 14 heavy (non-hydrogen) atoms. The van der Waals surface area contributed by atoms with Crippen LogP contribution in [0, 0.1) is 0 Å². The number of carboxylic acids is 1. The van der Waals surface area contributed by atoms with Crippen molar-refractivity contribution in [3.8, 4) is 0 Å². The molecule has 0 atom stereocenters. The SMILES string of the molecule is O=C(O)c1ccnc(SC2COC2)c1. The maximum atomic E-state index is 10.7. The van der Waals surface area contributed by atoms with E-state index in [9.17, 15) is 4.79 Å². The first-order valence-corrected chi connectivity index (χ1v) is 5.07. The predicted molar refractivity (Wildman–Crippen MR) is 51.7 cm³/mol. The third-order valence-corrected chi connectivity index (χ3v) is 2.95. The minimum absolute atomic E-state index is 0.280. The third-order valence-electron chi connectivity index (χ3n) is 1.88. The average molecular weight is 211 g/mol. The van der Waals surface area contributed by atoms with Crippen molar-refractivity contribution in [2.45, 2.75) is 10.3 Å². The van der Waals surface area contributed by atoms with Crippen LogP contribution >= 0.6 is 11.8 Å². The molecule has 0 aliphatic carbocycles. The Kier molecular flexibility index (Phi) is 2.69. The second-order valence-electron chi connectivity index (χ2n) is 2.97. The molecule has 2 heterocycles. The average Bonchev–Trinajstić information content (AvgIpc) is 2.12. The van der Waals surface area contributed by atoms with Gasteiger partial charge in [-0.05, 0) is 12.1 Å². The standard InChI is InChI=1S/C9H9NO3S/c11-9(12)6-1-2-10-8(3-6)14-7-4-13-5-7/h1-3,7H,4-5H2,(H,11,12). The van der Waals surface area contributed by atoms with Gasteiger partial charge >= 0.3 is 5.97 Å². The summed E-state index contributed by atoms with van der Waals surface area (Å²) in [4.78, 5) is 14.7. The topological polar surface area (TPSA) is 59.4 Å². The van der Waals surface area contributed by atoms with E-state index < -0.39 is 5.97 Å². The van der Waals surface area contributed by atoms with Gasteiger partial charge in [-0.15, -0.1) is 0 Å². The minimum Gasteiger partial charge on any atom is -0.478 e. The lowest BCUT2D eigenvalue weighted by Crippen LogP contribution is -2.30. The molecule has 1 N–H and O–H groups in total. The van der Waals surface area contributed by atoms with Crippen molar-refractivity contribution in [1.29, 1.82) is 0 Å². The van der Waals surface area contributed by atoms with E-state index in [0.717, 1.165) is 18.2 Å². The Morgan fingerprint density at radius 2 is 2.43 bits per heavy atom. The van der Waals surface area contributed by atoms with Crippen LogP contribution in [0.15, 0.2) is 23.4 Å². The van der Waals surface area contributed by atoms with E-state index in [2.05, 4.69) is 4.98 Å². The molecular formula is C9H9NO3S. The number of carbonyl (C=O) groups is 1. The number of ether oxygens (including phenoxy) is 1. The van der Waals surface area contributed by atoms with E-state index in [1.165, 1.54) is 12.3 Å². The first kappa shape index (κ1) is 9.48. The summed E-state index contributed by atoms with van der Waals surface area (Å²) in [7, 11) is 0. The molecule has 4 nitrogen and oxygen atoms in total. The number of thioether (sulfide) groups is 1. The van der Waals surface area contributed by atoms with E-state index in [-0.39, 0.29) is 5.56 Å². The normalized spacial score (nSPS) is 16.3. The number of carboxylic acid groups (broad SMARTS) is 1. The first-order valence-electron chi connectivity index (χ1n) is 4.19. The molecule has 0 radical (unpaired) electrons. The lowest BCUT2D eigenvalue weighted by Gasteiger charge is -2.24. The van der Waals surface area contributed by atoms with Crippen LogP contribution in [0.1, 0.15) is 10.4 Å². The maximum Gasteiger partial charge on any atom is 0.335 e. The summed E-state index contributed by atoms with van der Waals surface area (Å²) in [6.45, 7) is 1.45. The highest BCUT2D eigenvalue weighted by atomic mass is 32.2. The molecule has 2 rings (SSSR count). The third kappa shape index (κ3) is 2.05. The molecule has 0 amide bonds. The number of hydrogen-bond donors (Lipinski definition) is 1. The van der Waals surface area contributed by atoms with E-state index in [4.69, 9.17) is 9.84 Å². The second kappa shape index (κ2) is 3.98. The van der Waals surface area contributed by atoms with Crippen LogP contribution in [0.25, 0.3) is 0 Å². The van der Waals surface area contributed by atoms with Crippen molar-refractivity contribution in [2.75, 3.05) is 13.2 Å². The summed E-state index contributed by atoms with van der Waals surface area (Å²) < 4.78 is 5.02. The van der Waals surface area contributed by atoms with Crippen LogP contribution in [0.5, 0.6) is 0 Å². The lowest BCUT2D eigenvalue weighted by molar-refractivity contribution is 0.0454. The number of pyridine rings is 1. The van der Waals surface area contributed by atoms with Gasteiger partial charge in [0, 0.05) is 6.20 Å². The van der Waals surface area contributed by atoms with Gasteiger partial charge in [-0.3, -0.25) is 0 Å².